The number of primary amides is 1. The van der Waals surface area contributed by atoms with E-state index in [1.807, 2.05) is 0 Å². The molecule has 4 rings (SSSR count). The van der Waals surface area contributed by atoms with E-state index in [9.17, 15) is 14.0 Å². The normalized spacial score (nSPS) is 16.2. The maximum atomic E-state index is 13.4. The molecule has 2 aromatic carbocycles. The molecule has 160 valence electrons. The van der Waals surface area contributed by atoms with Gasteiger partial charge in [-0.3, -0.25) is 9.59 Å². The number of carbonyl (C=O) groups is 2. The van der Waals surface area contributed by atoms with Gasteiger partial charge >= 0.3 is 0 Å². The topological polar surface area (TPSA) is 112 Å². The molecule has 0 radical (unpaired) electrons. The fourth-order valence-corrected chi connectivity index (χ4v) is 3.53. The van der Waals surface area contributed by atoms with Crippen LogP contribution in [0.4, 0.5) is 4.39 Å². The van der Waals surface area contributed by atoms with Crippen LogP contribution in [0, 0.1) is 5.82 Å². The highest BCUT2D eigenvalue weighted by Crippen LogP contribution is 2.28. The molecule has 1 aliphatic heterocycles. The van der Waals surface area contributed by atoms with Crippen molar-refractivity contribution in [2.24, 2.45) is 5.73 Å². The zero-order valence-corrected chi connectivity index (χ0v) is 16.7. The lowest BCUT2D eigenvalue weighted by Crippen LogP contribution is -2.41. The molecule has 1 fully saturated rings. The summed E-state index contributed by atoms with van der Waals surface area (Å²) in [4.78, 5) is 30.0. The van der Waals surface area contributed by atoms with Gasteiger partial charge in [-0.05, 0) is 43.2 Å². The summed E-state index contributed by atoms with van der Waals surface area (Å²) in [7, 11) is 0. The van der Waals surface area contributed by atoms with Gasteiger partial charge in [0.05, 0.1) is 5.92 Å². The lowest BCUT2D eigenvalue weighted by Gasteiger charge is -2.30. The Morgan fingerprint density at radius 3 is 2.87 bits per heavy atom. The largest absolute Gasteiger partial charge is 0.484 e. The average Bonchev–Trinajstić information content (AvgIpc) is 3.28. The summed E-state index contributed by atoms with van der Waals surface area (Å²) in [6.45, 7) is 0.868. The third kappa shape index (κ3) is 4.88. The standard InChI is InChI=1S/C22H21FN4O4/c23-17-7-1-5-15(10-17)21-25-22(31-26-21)16-6-3-9-27(12-16)19(28)13-30-18-8-2-4-14(11-18)20(24)29/h1-2,4-5,7-8,10-11,16H,3,6,9,12-13H2,(H2,24,29). The molecule has 0 bridgehead atoms. The molecule has 9 heteroatoms. The predicted octanol–water partition coefficient (Wildman–Crippen LogP) is 2.76. The average molecular weight is 424 g/mol. The summed E-state index contributed by atoms with van der Waals surface area (Å²) in [5, 5.41) is 3.95. The molecular formula is C22H21FN4O4. The lowest BCUT2D eigenvalue weighted by atomic mass is 9.98. The molecule has 3 aromatic rings. The first-order valence-electron chi connectivity index (χ1n) is 9.89. The smallest absolute Gasteiger partial charge is 0.260 e. The lowest BCUT2D eigenvalue weighted by molar-refractivity contribution is -0.134. The molecule has 1 aliphatic rings. The Morgan fingerprint density at radius 1 is 1.23 bits per heavy atom. The van der Waals surface area contributed by atoms with E-state index >= 15 is 0 Å². The van der Waals surface area contributed by atoms with Crippen molar-refractivity contribution >= 4 is 11.8 Å². The van der Waals surface area contributed by atoms with Gasteiger partial charge < -0.3 is 19.9 Å². The Morgan fingerprint density at radius 2 is 2.06 bits per heavy atom. The number of nitrogens with zero attached hydrogens (tertiary/aromatic N) is 3. The number of carbonyl (C=O) groups excluding carboxylic acids is 2. The van der Waals surface area contributed by atoms with Gasteiger partial charge in [-0.2, -0.15) is 4.98 Å². The first kappa shape index (κ1) is 20.5. The van der Waals surface area contributed by atoms with Crippen molar-refractivity contribution in [1.29, 1.82) is 0 Å². The van der Waals surface area contributed by atoms with Crippen LogP contribution >= 0.6 is 0 Å². The molecule has 0 saturated carbocycles. The Kier molecular flexibility index (Phi) is 5.92. The molecule has 2 heterocycles. The van der Waals surface area contributed by atoms with Gasteiger partial charge in [0, 0.05) is 24.2 Å². The zero-order chi connectivity index (χ0) is 21.8. The summed E-state index contributed by atoms with van der Waals surface area (Å²) in [6.07, 6.45) is 1.58. The number of rotatable bonds is 6. The molecule has 1 aromatic heterocycles. The second-order valence-corrected chi connectivity index (χ2v) is 7.33. The second kappa shape index (κ2) is 8.95. The van der Waals surface area contributed by atoms with E-state index in [4.69, 9.17) is 15.0 Å². The van der Waals surface area contributed by atoms with E-state index in [-0.39, 0.29) is 24.2 Å². The molecule has 0 aliphatic carbocycles. The minimum atomic E-state index is -0.562. The highest BCUT2D eigenvalue weighted by atomic mass is 19.1. The van der Waals surface area contributed by atoms with Crippen LogP contribution in [0.25, 0.3) is 11.4 Å². The van der Waals surface area contributed by atoms with Crippen molar-refractivity contribution in [1.82, 2.24) is 15.0 Å². The van der Waals surface area contributed by atoms with Crippen molar-refractivity contribution in [2.45, 2.75) is 18.8 Å². The quantitative estimate of drug-likeness (QED) is 0.651. The van der Waals surface area contributed by atoms with Crippen molar-refractivity contribution in [2.75, 3.05) is 19.7 Å². The molecule has 0 spiro atoms. The first-order valence-corrected chi connectivity index (χ1v) is 9.89. The minimum Gasteiger partial charge on any atom is -0.484 e. The number of hydrogen-bond acceptors (Lipinski definition) is 6. The number of aromatic nitrogens is 2. The van der Waals surface area contributed by atoms with Gasteiger partial charge in [-0.1, -0.05) is 23.4 Å². The predicted molar refractivity (Wildman–Crippen MR) is 109 cm³/mol. The van der Waals surface area contributed by atoms with Crippen molar-refractivity contribution < 1.29 is 23.2 Å². The minimum absolute atomic E-state index is 0.106. The van der Waals surface area contributed by atoms with Crippen LogP contribution in [0.1, 0.15) is 35.0 Å². The molecule has 31 heavy (non-hydrogen) atoms. The van der Waals surface area contributed by atoms with Crippen molar-refractivity contribution in [3.05, 3.63) is 65.8 Å². The first-order chi connectivity index (χ1) is 15.0. The van der Waals surface area contributed by atoms with E-state index < -0.39 is 5.91 Å². The molecule has 2 N–H and O–H groups in total. The zero-order valence-electron chi connectivity index (χ0n) is 16.7. The number of amides is 2. The van der Waals surface area contributed by atoms with Gasteiger partial charge in [0.2, 0.25) is 17.6 Å². The summed E-state index contributed by atoms with van der Waals surface area (Å²) >= 11 is 0. The Hall–Kier alpha value is -3.75. The van der Waals surface area contributed by atoms with Gasteiger partial charge in [0.25, 0.3) is 5.91 Å². The van der Waals surface area contributed by atoms with Crippen LogP contribution in [0.15, 0.2) is 53.1 Å². The van der Waals surface area contributed by atoms with Crippen LogP contribution in [0.2, 0.25) is 0 Å². The van der Waals surface area contributed by atoms with E-state index in [2.05, 4.69) is 10.1 Å². The molecule has 8 nitrogen and oxygen atoms in total. The monoisotopic (exact) mass is 424 g/mol. The third-order valence-corrected chi connectivity index (χ3v) is 5.13. The van der Waals surface area contributed by atoms with Crippen LogP contribution in [-0.2, 0) is 4.79 Å². The summed E-state index contributed by atoms with van der Waals surface area (Å²) in [5.41, 5.74) is 6.11. The number of piperidine rings is 1. The van der Waals surface area contributed by atoms with E-state index in [0.29, 0.717) is 41.7 Å². The number of halogens is 1. The molecule has 2 amide bonds. The van der Waals surface area contributed by atoms with Gasteiger partial charge in [0.1, 0.15) is 11.6 Å². The van der Waals surface area contributed by atoms with Crippen LogP contribution in [-0.4, -0.2) is 46.6 Å². The number of hydrogen-bond donors (Lipinski definition) is 1. The maximum absolute atomic E-state index is 13.4. The van der Waals surface area contributed by atoms with Crippen molar-refractivity contribution in [3.63, 3.8) is 0 Å². The maximum Gasteiger partial charge on any atom is 0.260 e. The van der Waals surface area contributed by atoms with E-state index in [1.165, 1.54) is 18.2 Å². The van der Waals surface area contributed by atoms with Crippen LogP contribution < -0.4 is 10.5 Å². The highest BCUT2D eigenvalue weighted by molar-refractivity contribution is 5.93. The molecule has 1 saturated heterocycles. The number of ether oxygens (including phenoxy) is 1. The fraction of sp³-hybridized carbons (Fsp3) is 0.273. The summed E-state index contributed by atoms with van der Waals surface area (Å²) < 4.78 is 24.4. The van der Waals surface area contributed by atoms with E-state index in [1.54, 1.807) is 35.2 Å². The summed E-state index contributed by atoms with van der Waals surface area (Å²) in [6, 6.07) is 12.4. The van der Waals surface area contributed by atoms with Gasteiger partial charge in [-0.25, -0.2) is 4.39 Å². The number of nitrogens with two attached hydrogens (primary N) is 1. The second-order valence-electron chi connectivity index (χ2n) is 7.33. The van der Waals surface area contributed by atoms with Crippen molar-refractivity contribution in [3.8, 4) is 17.1 Å². The number of likely N-dealkylation sites (tertiary alicyclic amines) is 1. The van der Waals surface area contributed by atoms with Crippen LogP contribution in [0.5, 0.6) is 5.75 Å². The van der Waals surface area contributed by atoms with Gasteiger partial charge in [-0.15, -0.1) is 0 Å². The fourth-order valence-electron chi connectivity index (χ4n) is 3.53. The Balaban J connectivity index is 1.38. The molecule has 1 atom stereocenters. The third-order valence-electron chi connectivity index (χ3n) is 5.13. The Labute approximate surface area is 177 Å². The van der Waals surface area contributed by atoms with Gasteiger partial charge in [0.15, 0.2) is 6.61 Å². The SMILES string of the molecule is NC(=O)c1cccc(OCC(=O)N2CCCC(c3nc(-c4cccc(F)c4)no3)C2)c1. The molecular weight excluding hydrogens is 403 g/mol. The number of benzene rings is 2. The molecule has 1 unspecified atom stereocenters. The van der Waals surface area contributed by atoms with E-state index in [0.717, 1.165) is 12.8 Å². The summed E-state index contributed by atoms with van der Waals surface area (Å²) in [5.74, 6) is -0.0884. The Bertz CT molecular complexity index is 1100. The highest BCUT2D eigenvalue weighted by Gasteiger charge is 2.29. The van der Waals surface area contributed by atoms with Crippen LogP contribution in [0.3, 0.4) is 0 Å².